The van der Waals surface area contributed by atoms with Crippen LogP contribution in [0.25, 0.3) is 0 Å². The average molecular weight is 389 g/mol. The van der Waals surface area contributed by atoms with Gasteiger partial charge in [0, 0.05) is 51.5 Å². The molecule has 2 aromatic rings. The summed E-state index contributed by atoms with van der Waals surface area (Å²) in [6.45, 7) is 6.85. The molecule has 0 saturated carbocycles. The van der Waals surface area contributed by atoms with E-state index in [0.717, 1.165) is 75.0 Å². The molecule has 2 aromatic heterocycles. The van der Waals surface area contributed by atoms with Gasteiger partial charge in [0.2, 0.25) is 11.0 Å². The predicted molar refractivity (Wildman–Crippen MR) is 106 cm³/mol. The van der Waals surface area contributed by atoms with E-state index >= 15 is 0 Å². The van der Waals surface area contributed by atoms with Gasteiger partial charge in [0.05, 0.1) is 6.33 Å². The number of imidazole rings is 1. The summed E-state index contributed by atoms with van der Waals surface area (Å²) in [5.74, 6) is 0.324. The maximum absolute atomic E-state index is 12.4. The van der Waals surface area contributed by atoms with Crippen molar-refractivity contribution in [3.05, 3.63) is 23.7 Å². The lowest BCUT2D eigenvalue weighted by molar-refractivity contribution is -0.138. The monoisotopic (exact) mass is 388 g/mol. The number of piperidine rings is 2. The molecule has 0 aliphatic carbocycles. The molecule has 0 aromatic carbocycles. The first kappa shape index (κ1) is 18.4. The summed E-state index contributed by atoms with van der Waals surface area (Å²) in [7, 11) is 0. The second-order valence-electron chi connectivity index (χ2n) is 7.79. The SMILES string of the molecule is CCc1nnc(N2CCC3(CCC(=O)N(CCCn4ccnc4)C3)CC2)s1. The van der Waals surface area contributed by atoms with Crippen molar-refractivity contribution < 1.29 is 4.79 Å². The molecule has 0 radical (unpaired) electrons. The van der Waals surface area contributed by atoms with E-state index in [9.17, 15) is 4.79 Å². The molecule has 2 fully saturated rings. The van der Waals surface area contributed by atoms with E-state index in [0.29, 0.717) is 12.3 Å². The van der Waals surface area contributed by atoms with Crippen LogP contribution in [-0.2, 0) is 17.8 Å². The lowest BCUT2D eigenvalue weighted by Gasteiger charge is -2.47. The van der Waals surface area contributed by atoms with Crippen LogP contribution in [0.4, 0.5) is 5.13 Å². The topological polar surface area (TPSA) is 67.2 Å². The summed E-state index contributed by atoms with van der Waals surface area (Å²) in [5, 5.41) is 10.8. The van der Waals surface area contributed by atoms with E-state index in [2.05, 4.69) is 36.5 Å². The Balaban J connectivity index is 1.31. The first-order valence-corrected chi connectivity index (χ1v) is 10.8. The molecule has 4 rings (SSSR count). The average Bonchev–Trinajstić information content (AvgIpc) is 3.37. The lowest BCUT2D eigenvalue weighted by atomic mass is 9.72. The summed E-state index contributed by atoms with van der Waals surface area (Å²) in [6.07, 6.45) is 11.6. The fourth-order valence-corrected chi connectivity index (χ4v) is 5.10. The molecule has 2 aliphatic heterocycles. The second-order valence-corrected chi connectivity index (χ2v) is 8.83. The number of carbonyl (C=O) groups excluding carboxylic acids is 1. The zero-order valence-corrected chi connectivity index (χ0v) is 16.8. The third-order valence-corrected chi connectivity index (χ3v) is 7.13. The molecule has 27 heavy (non-hydrogen) atoms. The first-order chi connectivity index (χ1) is 13.2. The Morgan fingerprint density at radius 3 is 2.74 bits per heavy atom. The van der Waals surface area contributed by atoms with Crippen molar-refractivity contribution in [2.45, 2.75) is 52.0 Å². The van der Waals surface area contributed by atoms with Crippen molar-refractivity contribution in [3.63, 3.8) is 0 Å². The summed E-state index contributed by atoms with van der Waals surface area (Å²) in [5.41, 5.74) is 0.289. The highest BCUT2D eigenvalue weighted by molar-refractivity contribution is 7.15. The minimum absolute atomic E-state index is 0.289. The maximum Gasteiger partial charge on any atom is 0.222 e. The van der Waals surface area contributed by atoms with Crippen LogP contribution < -0.4 is 4.90 Å². The van der Waals surface area contributed by atoms with Crippen molar-refractivity contribution in [1.29, 1.82) is 0 Å². The molecule has 8 heteroatoms. The van der Waals surface area contributed by atoms with E-state index in [-0.39, 0.29) is 5.41 Å². The zero-order chi connectivity index (χ0) is 18.7. The molecule has 146 valence electrons. The minimum atomic E-state index is 0.289. The van der Waals surface area contributed by atoms with E-state index in [1.54, 1.807) is 17.5 Å². The number of rotatable bonds is 6. The molecule has 7 nitrogen and oxygen atoms in total. The van der Waals surface area contributed by atoms with Gasteiger partial charge in [-0.25, -0.2) is 4.98 Å². The highest BCUT2D eigenvalue weighted by atomic mass is 32.1. The van der Waals surface area contributed by atoms with E-state index in [4.69, 9.17) is 0 Å². The highest BCUT2D eigenvalue weighted by Crippen LogP contribution is 2.41. The summed E-state index contributed by atoms with van der Waals surface area (Å²) in [4.78, 5) is 21.0. The van der Waals surface area contributed by atoms with Gasteiger partial charge >= 0.3 is 0 Å². The van der Waals surface area contributed by atoms with Crippen molar-refractivity contribution in [1.82, 2.24) is 24.6 Å². The Hall–Kier alpha value is -1.96. The predicted octanol–water partition coefficient (Wildman–Crippen LogP) is 2.60. The van der Waals surface area contributed by atoms with Gasteiger partial charge in [-0.15, -0.1) is 10.2 Å². The fraction of sp³-hybridized carbons (Fsp3) is 0.684. The molecule has 4 heterocycles. The quantitative estimate of drug-likeness (QED) is 0.761. The van der Waals surface area contributed by atoms with E-state index in [1.165, 1.54) is 0 Å². The standard InChI is InChI=1S/C19H28N6OS/c1-2-16-21-22-18(27-16)24-11-6-19(7-12-24)5-4-17(26)25(14-19)10-3-9-23-13-8-20-15-23/h8,13,15H,2-7,9-12,14H2,1H3. The molecular formula is C19H28N6OS. The van der Waals surface area contributed by atoms with Gasteiger partial charge in [0.25, 0.3) is 0 Å². The molecule has 1 amide bonds. The van der Waals surface area contributed by atoms with Crippen LogP contribution in [0, 0.1) is 5.41 Å². The molecule has 0 atom stereocenters. The number of nitrogens with zero attached hydrogens (tertiary/aromatic N) is 6. The minimum Gasteiger partial charge on any atom is -0.347 e. The van der Waals surface area contributed by atoms with Crippen molar-refractivity contribution in [2.24, 2.45) is 5.41 Å². The Bertz CT molecular complexity index is 750. The van der Waals surface area contributed by atoms with Crippen LogP contribution in [0.2, 0.25) is 0 Å². The van der Waals surface area contributed by atoms with Gasteiger partial charge in [0.1, 0.15) is 5.01 Å². The van der Waals surface area contributed by atoms with Gasteiger partial charge in [-0.05, 0) is 37.5 Å². The lowest BCUT2D eigenvalue weighted by Crippen LogP contribution is -2.51. The molecular weight excluding hydrogens is 360 g/mol. The number of hydrogen-bond acceptors (Lipinski definition) is 6. The normalized spacial score (nSPS) is 19.8. The molecule has 0 N–H and O–H groups in total. The number of amides is 1. The number of hydrogen-bond donors (Lipinski definition) is 0. The number of carbonyl (C=O) groups is 1. The smallest absolute Gasteiger partial charge is 0.222 e. The third-order valence-electron chi connectivity index (χ3n) is 6.00. The van der Waals surface area contributed by atoms with Gasteiger partial charge in [-0.3, -0.25) is 4.79 Å². The Morgan fingerprint density at radius 2 is 2.04 bits per heavy atom. The van der Waals surface area contributed by atoms with E-state index < -0.39 is 0 Å². The summed E-state index contributed by atoms with van der Waals surface area (Å²) < 4.78 is 2.08. The highest BCUT2D eigenvalue weighted by Gasteiger charge is 2.41. The van der Waals surface area contributed by atoms with Crippen LogP contribution in [-0.4, -0.2) is 56.7 Å². The largest absolute Gasteiger partial charge is 0.347 e. The molecule has 2 aliphatic rings. The van der Waals surface area contributed by atoms with Gasteiger partial charge in [0.15, 0.2) is 0 Å². The van der Waals surface area contributed by atoms with Gasteiger partial charge in [-0.1, -0.05) is 18.3 Å². The molecule has 2 saturated heterocycles. The summed E-state index contributed by atoms with van der Waals surface area (Å²) >= 11 is 1.72. The molecule has 0 unspecified atom stereocenters. The Labute approximate surface area is 164 Å². The van der Waals surface area contributed by atoms with Crippen molar-refractivity contribution in [3.8, 4) is 0 Å². The summed E-state index contributed by atoms with van der Waals surface area (Å²) in [6, 6.07) is 0. The maximum atomic E-state index is 12.4. The van der Waals surface area contributed by atoms with E-state index in [1.807, 2.05) is 12.5 Å². The van der Waals surface area contributed by atoms with Crippen LogP contribution >= 0.6 is 11.3 Å². The Kier molecular flexibility index (Phi) is 5.43. The molecule has 0 bridgehead atoms. The van der Waals surface area contributed by atoms with Crippen molar-refractivity contribution in [2.75, 3.05) is 31.1 Å². The van der Waals surface area contributed by atoms with Crippen LogP contribution in [0.3, 0.4) is 0 Å². The Morgan fingerprint density at radius 1 is 1.19 bits per heavy atom. The third kappa shape index (κ3) is 4.15. The fourth-order valence-electron chi connectivity index (χ4n) is 4.27. The van der Waals surface area contributed by atoms with Crippen molar-refractivity contribution >= 4 is 22.4 Å². The second kappa shape index (κ2) is 7.96. The molecule has 1 spiro atoms. The number of likely N-dealkylation sites (tertiary alicyclic amines) is 1. The van der Waals surface area contributed by atoms with Crippen LogP contribution in [0.5, 0.6) is 0 Å². The number of aryl methyl sites for hydroxylation is 2. The number of aromatic nitrogens is 4. The van der Waals surface area contributed by atoms with Crippen LogP contribution in [0.1, 0.15) is 44.0 Å². The number of anilines is 1. The van der Waals surface area contributed by atoms with Gasteiger partial charge < -0.3 is 14.4 Å². The zero-order valence-electron chi connectivity index (χ0n) is 16.0. The van der Waals surface area contributed by atoms with Crippen LogP contribution in [0.15, 0.2) is 18.7 Å². The first-order valence-electron chi connectivity index (χ1n) is 9.98. The van der Waals surface area contributed by atoms with Gasteiger partial charge in [-0.2, -0.15) is 0 Å².